The summed E-state index contributed by atoms with van der Waals surface area (Å²) in [5.41, 5.74) is 0. The molecule has 0 spiro atoms. The second kappa shape index (κ2) is 38.8. The highest BCUT2D eigenvalue weighted by molar-refractivity contribution is 7.45. The van der Waals surface area contributed by atoms with E-state index in [1.165, 1.54) is 148 Å². The Morgan fingerprint density at radius 1 is 0.556 bits per heavy atom. The van der Waals surface area contributed by atoms with E-state index < -0.39 is 13.9 Å². The number of likely N-dealkylation sites (N-methyl/N-ethyl adjacent to an activating group) is 1. The zero-order chi connectivity index (χ0) is 39.9. The number of carbonyl (C=O) groups is 1. The van der Waals surface area contributed by atoms with Crippen molar-refractivity contribution in [2.75, 3.05) is 54.1 Å². The van der Waals surface area contributed by atoms with Gasteiger partial charge in [0.05, 0.1) is 34.4 Å². The minimum atomic E-state index is -4.52. The Kier molecular flexibility index (Phi) is 38.1. The Morgan fingerprint density at radius 3 is 1.41 bits per heavy atom. The van der Waals surface area contributed by atoms with Gasteiger partial charge in [-0.25, -0.2) is 0 Å². The van der Waals surface area contributed by atoms with Gasteiger partial charge in [-0.3, -0.25) is 9.36 Å². The van der Waals surface area contributed by atoms with Crippen molar-refractivity contribution in [2.24, 2.45) is 0 Å². The molecule has 9 heteroatoms. The number of nitrogens with zero attached hydrogens (tertiary/aromatic N) is 1. The Balaban J connectivity index is 4.23. The fourth-order valence-corrected chi connectivity index (χ4v) is 6.91. The monoisotopic (exact) mass is 786 g/mol. The highest BCUT2D eigenvalue weighted by atomic mass is 31.2. The molecule has 2 atom stereocenters. The van der Waals surface area contributed by atoms with Gasteiger partial charge in [-0.2, -0.15) is 0 Å². The molecule has 8 nitrogen and oxygen atoms in total. The predicted octanol–water partition coefficient (Wildman–Crippen LogP) is 12.6. The van der Waals surface area contributed by atoms with Gasteiger partial charge in [0.25, 0.3) is 7.82 Å². The van der Waals surface area contributed by atoms with Crippen molar-refractivity contribution in [3.8, 4) is 0 Å². The molecule has 0 aliphatic carbocycles. The number of allylic oxidation sites excluding steroid dienone is 4. The van der Waals surface area contributed by atoms with E-state index in [0.29, 0.717) is 24.1 Å². The first-order valence-electron chi connectivity index (χ1n) is 22.6. The molecule has 0 N–H and O–H groups in total. The van der Waals surface area contributed by atoms with Gasteiger partial charge in [-0.1, -0.05) is 154 Å². The van der Waals surface area contributed by atoms with E-state index in [4.69, 9.17) is 18.5 Å². The lowest BCUT2D eigenvalue weighted by molar-refractivity contribution is -0.870. The average molecular weight is 786 g/mol. The Bertz CT molecular complexity index is 920. The number of unbranched alkanes of at least 4 members (excludes halogenated alkanes) is 24. The number of ether oxygens (including phenoxy) is 2. The Morgan fingerprint density at radius 2 is 0.963 bits per heavy atom. The van der Waals surface area contributed by atoms with Gasteiger partial charge in [0.2, 0.25) is 0 Å². The van der Waals surface area contributed by atoms with Crippen molar-refractivity contribution < 1.29 is 37.3 Å². The van der Waals surface area contributed by atoms with Crippen molar-refractivity contribution in [3.63, 3.8) is 0 Å². The quantitative estimate of drug-likeness (QED) is 0.0200. The van der Waals surface area contributed by atoms with Gasteiger partial charge in [-0.15, -0.1) is 0 Å². The van der Waals surface area contributed by atoms with Crippen LogP contribution >= 0.6 is 7.82 Å². The van der Waals surface area contributed by atoms with E-state index in [0.717, 1.165) is 32.1 Å². The maximum absolute atomic E-state index is 12.7. The lowest BCUT2D eigenvalue weighted by Gasteiger charge is -2.28. The maximum Gasteiger partial charge on any atom is 0.306 e. The van der Waals surface area contributed by atoms with Crippen LogP contribution in [0.2, 0.25) is 0 Å². The number of hydrogen-bond donors (Lipinski definition) is 0. The number of rotatable bonds is 42. The van der Waals surface area contributed by atoms with E-state index in [1.54, 1.807) is 0 Å². The molecule has 0 rings (SSSR count). The van der Waals surface area contributed by atoms with Crippen LogP contribution < -0.4 is 4.89 Å². The van der Waals surface area contributed by atoms with Crippen LogP contribution in [-0.4, -0.2) is 70.7 Å². The molecular weight excluding hydrogens is 697 g/mol. The number of phosphoric acid groups is 1. The lowest BCUT2D eigenvalue weighted by atomic mass is 10.1. The third-order valence-corrected chi connectivity index (χ3v) is 10.7. The molecule has 0 aromatic heterocycles. The lowest BCUT2D eigenvalue weighted by Crippen LogP contribution is -2.37. The molecule has 0 heterocycles. The summed E-state index contributed by atoms with van der Waals surface area (Å²) in [7, 11) is 1.35. The fraction of sp³-hybridized carbons (Fsp3) is 0.889. The van der Waals surface area contributed by atoms with Crippen LogP contribution in [0, 0.1) is 0 Å². The summed E-state index contributed by atoms with van der Waals surface area (Å²) < 4.78 is 34.6. The first-order valence-corrected chi connectivity index (χ1v) is 24.0. The zero-order valence-corrected chi connectivity index (χ0v) is 37.1. The summed E-state index contributed by atoms with van der Waals surface area (Å²) in [5.74, 6) is -0.339. The highest BCUT2D eigenvalue weighted by Crippen LogP contribution is 2.38. The molecule has 54 heavy (non-hydrogen) atoms. The molecule has 0 radical (unpaired) electrons. The molecule has 0 aromatic rings. The van der Waals surface area contributed by atoms with Gasteiger partial charge in [-0.05, 0) is 64.2 Å². The van der Waals surface area contributed by atoms with Crippen molar-refractivity contribution in [1.29, 1.82) is 0 Å². The SMILES string of the molecule is CCCCCCC/C=C\CCCCCCCCOCC(COP(=O)([O-])OCC[N+](C)(C)C)OC(=O)CCCCCCCCC/C=C\CCCCCCCC. The highest BCUT2D eigenvalue weighted by Gasteiger charge is 2.20. The van der Waals surface area contributed by atoms with Gasteiger partial charge in [0.15, 0.2) is 0 Å². The predicted molar refractivity (Wildman–Crippen MR) is 227 cm³/mol. The summed E-state index contributed by atoms with van der Waals surface area (Å²) in [6.07, 6.45) is 43.2. The van der Waals surface area contributed by atoms with Gasteiger partial charge in [0.1, 0.15) is 19.3 Å². The van der Waals surface area contributed by atoms with E-state index in [9.17, 15) is 14.3 Å². The molecule has 0 aromatic carbocycles. The molecular formula is C45H88NO7P. The first kappa shape index (κ1) is 53.0. The van der Waals surface area contributed by atoms with Crippen LogP contribution in [0.5, 0.6) is 0 Å². The van der Waals surface area contributed by atoms with Gasteiger partial charge < -0.3 is 27.9 Å². The van der Waals surface area contributed by atoms with E-state index in [1.807, 2.05) is 21.1 Å². The number of carbonyl (C=O) groups excluding carboxylic acids is 1. The summed E-state index contributed by atoms with van der Waals surface area (Å²) in [6, 6.07) is 0. The molecule has 0 saturated carbocycles. The fourth-order valence-electron chi connectivity index (χ4n) is 6.18. The number of quaternary nitrogens is 1. The minimum absolute atomic E-state index is 0.0253. The van der Waals surface area contributed by atoms with Crippen LogP contribution in [0.15, 0.2) is 24.3 Å². The van der Waals surface area contributed by atoms with E-state index in [-0.39, 0.29) is 25.8 Å². The number of esters is 1. The molecule has 0 fully saturated rings. The standard InChI is InChI=1S/C45H88NO7P/c1-6-8-10-12-14-16-18-20-22-23-24-26-28-30-32-34-36-38-45(47)53-44(43-52-54(48,49)51-41-39-46(3,4)5)42-50-40-37-35-33-31-29-27-25-21-19-17-15-13-11-9-7-2/h19-22,44H,6-18,23-43H2,1-5H3/b21-19-,22-20-. The van der Waals surface area contributed by atoms with Crippen molar-refractivity contribution >= 4 is 13.8 Å². The van der Waals surface area contributed by atoms with Crippen molar-refractivity contribution in [3.05, 3.63) is 24.3 Å². The number of phosphoric ester groups is 1. The van der Waals surface area contributed by atoms with Crippen molar-refractivity contribution in [1.82, 2.24) is 0 Å². The Hall–Kier alpha value is -1.02. The topological polar surface area (TPSA) is 94.1 Å². The van der Waals surface area contributed by atoms with Crippen LogP contribution in [0.4, 0.5) is 0 Å². The second-order valence-electron chi connectivity index (χ2n) is 16.4. The summed E-state index contributed by atoms with van der Waals surface area (Å²) in [4.78, 5) is 25.1. The molecule has 0 amide bonds. The molecule has 0 bridgehead atoms. The van der Waals surface area contributed by atoms with Crippen LogP contribution in [0.25, 0.3) is 0 Å². The van der Waals surface area contributed by atoms with E-state index >= 15 is 0 Å². The van der Waals surface area contributed by atoms with Crippen LogP contribution in [-0.2, 0) is 27.9 Å². The van der Waals surface area contributed by atoms with E-state index in [2.05, 4.69) is 38.2 Å². The molecule has 0 aliphatic heterocycles. The third kappa shape index (κ3) is 42.1. The summed E-state index contributed by atoms with van der Waals surface area (Å²) in [6.45, 7) is 5.40. The van der Waals surface area contributed by atoms with Crippen LogP contribution in [0.1, 0.15) is 200 Å². The van der Waals surface area contributed by atoms with Crippen LogP contribution in [0.3, 0.4) is 0 Å². The normalized spacial score (nSPS) is 14.0. The Labute approximate surface area is 334 Å². The van der Waals surface area contributed by atoms with Gasteiger partial charge >= 0.3 is 5.97 Å². The zero-order valence-electron chi connectivity index (χ0n) is 36.2. The largest absolute Gasteiger partial charge is 0.756 e. The summed E-state index contributed by atoms with van der Waals surface area (Å²) in [5, 5.41) is 0. The minimum Gasteiger partial charge on any atom is -0.756 e. The summed E-state index contributed by atoms with van der Waals surface area (Å²) >= 11 is 0. The second-order valence-corrected chi connectivity index (χ2v) is 17.8. The average Bonchev–Trinajstić information content (AvgIpc) is 3.12. The van der Waals surface area contributed by atoms with Gasteiger partial charge in [0, 0.05) is 13.0 Å². The first-order chi connectivity index (χ1) is 26.1. The molecule has 0 saturated heterocycles. The van der Waals surface area contributed by atoms with Crippen molar-refractivity contribution in [2.45, 2.75) is 206 Å². The molecule has 320 valence electrons. The third-order valence-electron chi connectivity index (χ3n) is 9.73. The molecule has 0 aliphatic rings. The molecule has 2 unspecified atom stereocenters. The smallest absolute Gasteiger partial charge is 0.306 e. The number of hydrogen-bond acceptors (Lipinski definition) is 7. The maximum atomic E-state index is 12.7.